The van der Waals surface area contributed by atoms with Crippen molar-refractivity contribution in [3.8, 4) is 17.2 Å². The van der Waals surface area contributed by atoms with Crippen molar-refractivity contribution in [2.45, 2.75) is 32.8 Å². The Kier molecular flexibility index (Phi) is 4.57. The molecule has 3 N–H and O–H groups in total. The van der Waals surface area contributed by atoms with Crippen LogP contribution >= 0.6 is 0 Å². The molecule has 2 rings (SSSR count). The lowest BCUT2D eigenvalue weighted by Crippen LogP contribution is -2.05. The number of benzene rings is 1. The van der Waals surface area contributed by atoms with Gasteiger partial charge in [-0.25, -0.2) is 0 Å². The van der Waals surface area contributed by atoms with Crippen molar-refractivity contribution in [2.75, 3.05) is 12.3 Å². The molecule has 0 spiro atoms. The average molecular weight is 277 g/mol. The maximum absolute atomic E-state index is 9.41. The number of phenols is 1. The van der Waals surface area contributed by atoms with E-state index in [4.69, 9.17) is 15.0 Å². The molecule has 1 aromatic carbocycles. The number of aromatic nitrogens is 2. The standard InChI is InChI=1S/C14H19N3O3/c1-3-5-12(19-4-2)13-16-14(20-17-13)9-6-7-11(18)10(15)8-9/h6-8,12,18H,3-5,15H2,1-2H3. The third-order valence-electron chi connectivity index (χ3n) is 2.92. The summed E-state index contributed by atoms with van der Waals surface area (Å²) in [7, 11) is 0. The predicted octanol–water partition coefficient (Wildman–Crippen LogP) is 2.90. The maximum atomic E-state index is 9.41. The Hall–Kier alpha value is -2.08. The van der Waals surface area contributed by atoms with Gasteiger partial charge in [-0.05, 0) is 31.5 Å². The summed E-state index contributed by atoms with van der Waals surface area (Å²) < 4.78 is 10.9. The second-order valence-corrected chi connectivity index (χ2v) is 4.46. The molecule has 0 aliphatic heterocycles. The molecule has 6 heteroatoms. The van der Waals surface area contributed by atoms with E-state index < -0.39 is 0 Å². The molecule has 0 amide bonds. The minimum atomic E-state index is -0.156. The fourth-order valence-electron chi connectivity index (χ4n) is 1.92. The molecule has 0 radical (unpaired) electrons. The second kappa shape index (κ2) is 6.38. The van der Waals surface area contributed by atoms with Crippen LogP contribution in [-0.2, 0) is 4.74 Å². The topological polar surface area (TPSA) is 94.4 Å². The lowest BCUT2D eigenvalue weighted by molar-refractivity contribution is 0.0478. The van der Waals surface area contributed by atoms with Crippen LogP contribution in [0, 0.1) is 0 Å². The van der Waals surface area contributed by atoms with Gasteiger partial charge in [-0.15, -0.1) is 0 Å². The molecule has 1 heterocycles. The quantitative estimate of drug-likeness (QED) is 0.622. The molecule has 0 saturated carbocycles. The normalized spacial score (nSPS) is 12.5. The number of nitrogens with zero attached hydrogens (tertiary/aromatic N) is 2. The molecule has 2 aromatic rings. The monoisotopic (exact) mass is 277 g/mol. The maximum Gasteiger partial charge on any atom is 0.258 e. The van der Waals surface area contributed by atoms with Crippen LogP contribution in [0.4, 0.5) is 5.69 Å². The van der Waals surface area contributed by atoms with Crippen molar-refractivity contribution in [1.82, 2.24) is 10.1 Å². The zero-order valence-corrected chi connectivity index (χ0v) is 11.7. The van der Waals surface area contributed by atoms with E-state index in [0.717, 1.165) is 12.8 Å². The molecule has 0 saturated heterocycles. The van der Waals surface area contributed by atoms with Crippen molar-refractivity contribution in [1.29, 1.82) is 0 Å². The van der Waals surface area contributed by atoms with Gasteiger partial charge in [-0.3, -0.25) is 0 Å². The minimum absolute atomic E-state index is 0.0339. The van der Waals surface area contributed by atoms with Crippen LogP contribution < -0.4 is 5.73 Å². The van der Waals surface area contributed by atoms with Crippen LogP contribution in [0.1, 0.15) is 38.6 Å². The van der Waals surface area contributed by atoms with Gasteiger partial charge in [0.1, 0.15) is 11.9 Å². The number of phenolic OH excluding ortho intramolecular Hbond substituents is 1. The van der Waals surface area contributed by atoms with Crippen molar-refractivity contribution in [2.24, 2.45) is 0 Å². The Balaban J connectivity index is 2.24. The highest BCUT2D eigenvalue weighted by Gasteiger charge is 2.18. The summed E-state index contributed by atoms with van der Waals surface area (Å²) in [5.41, 5.74) is 6.60. The molecule has 1 unspecified atom stereocenters. The van der Waals surface area contributed by atoms with Crippen LogP contribution in [0.2, 0.25) is 0 Å². The van der Waals surface area contributed by atoms with Crippen LogP contribution in [0.5, 0.6) is 5.75 Å². The van der Waals surface area contributed by atoms with Crippen LogP contribution in [-0.4, -0.2) is 21.9 Å². The van der Waals surface area contributed by atoms with E-state index in [1.165, 1.54) is 6.07 Å². The molecule has 6 nitrogen and oxygen atoms in total. The second-order valence-electron chi connectivity index (χ2n) is 4.46. The van der Waals surface area contributed by atoms with Crippen molar-refractivity contribution in [3.63, 3.8) is 0 Å². The lowest BCUT2D eigenvalue weighted by Gasteiger charge is -2.11. The van der Waals surface area contributed by atoms with Gasteiger partial charge in [0.25, 0.3) is 5.89 Å². The van der Waals surface area contributed by atoms with Gasteiger partial charge in [0.15, 0.2) is 0 Å². The van der Waals surface area contributed by atoms with Gasteiger partial charge in [0.05, 0.1) is 5.69 Å². The number of anilines is 1. The summed E-state index contributed by atoms with van der Waals surface area (Å²) >= 11 is 0. The zero-order valence-electron chi connectivity index (χ0n) is 11.7. The average Bonchev–Trinajstić information content (AvgIpc) is 2.91. The van der Waals surface area contributed by atoms with Gasteiger partial charge in [-0.1, -0.05) is 18.5 Å². The number of hydrogen-bond acceptors (Lipinski definition) is 6. The SMILES string of the molecule is CCCC(OCC)c1noc(-c2ccc(O)c(N)c2)n1. The van der Waals surface area contributed by atoms with Gasteiger partial charge in [0, 0.05) is 12.2 Å². The van der Waals surface area contributed by atoms with Crippen molar-refractivity contribution < 1.29 is 14.4 Å². The number of aromatic hydroxyl groups is 1. The highest BCUT2D eigenvalue weighted by molar-refractivity contribution is 5.64. The fraction of sp³-hybridized carbons (Fsp3) is 0.429. The van der Waals surface area contributed by atoms with E-state index in [9.17, 15) is 5.11 Å². The van der Waals surface area contributed by atoms with Gasteiger partial charge in [-0.2, -0.15) is 4.98 Å². The lowest BCUT2D eigenvalue weighted by atomic mass is 10.2. The molecular weight excluding hydrogens is 258 g/mol. The molecule has 0 fully saturated rings. The summed E-state index contributed by atoms with van der Waals surface area (Å²) in [6.07, 6.45) is 1.66. The summed E-state index contributed by atoms with van der Waals surface area (Å²) in [6, 6.07) is 4.78. The molecule has 1 atom stereocenters. The Bertz CT molecular complexity index is 563. The third kappa shape index (κ3) is 3.08. The van der Waals surface area contributed by atoms with E-state index in [1.807, 2.05) is 6.92 Å². The molecule has 108 valence electrons. The third-order valence-corrected chi connectivity index (χ3v) is 2.92. The van der Waals surface area contributed by atoms with Crippen molar-refractivity contribution in [3.05, 3.63) is 24.0 Å². The highest BCUT2D eigenvalue weighted by atomic mass is 16.5. The Labute approximate surface area is 117 Å². The Morgan fingerprint density at radius 3 is 2.85 bits per heavy atom. The molecule has 1 aromatic heterocycles. The van der Waals surface area contributed by atoms with E-state index in [2.05, 4.69) is 17.1 Å². The largest absolute Gasteiger partial charge is 0.506 e. The van der Waals surface area contributed by atoms with Crippen LogP contribution in [0.15, 0.2) is 22.7 Å². The molecule has 20 heavy (non-hydrogen) atoms. The van der Waals surface area contributed by atoms with Crippen LogP contribution in [0.3, 0.4) is 0 Å². The highest BCUT2D eigenvalue weighted by Crippen LogP contribution is 2.28. The number of rotatable bonds is 6. The summed E-state index contributed by atoms with van der Waals surface area (Å²) in [4.78, 5) is 4.35. The van der Waals surface area contributed by atoms with Gasteiger partial charge < -0.3 is 20.1 Å². The molecule has 0 aliphatic rings. The van der Waals surface area contributed by atoms with Gasteiger partial charge >= 0.3 is 0 Å². The number of nitrogens with two attached hydrogens (primary N) is 1. The predicted molar refractivity (Wildman–Crippen MR) is 75.1 cm³/mol. The number of nitrogen functional groups attached to an aromatic ring is 1. The van der Waals surface area contributed by atoms with E-state index in [1.54, 1.807) is 12.1 Å². The zero-order chi connectivity index (χ0) is 14.5. The first kappa shape index (κ1) is 14.3. The number of hydrogen-bond donors (Lipinski definition) is 2. The first-order chi connectivity index (χ1) is 9.65. The Morgan fingerprint density at radius 1 is 1.40 bits per heavy atom. The molecular formula is C14H19N3O3. The van der Waals surface area contributed by atoms with E-state index in [0.29, 0.717) is 23.9 Å². The Morgan fingerprint density at radius 2 is 2.20 bits per heavy atom. The molecule has 0 bridgehead atoms. The summed E-state index contributed by atoms with van der Waals surface area (Å²) in [5.74, 6) is 0.939. The fourth-order valence-corrected chi connectivity index (χ4v) is 1.92. The first-order valence-electron chi connectivity index (χ1n) is 6.69. The minimum Gasteiger partial charge on any atom is -0.506 e. The van der Waals surface area contributed by atoms with Gasteiger partial charge in [0.2, 0.25) is 5.82 Å². The van der Waals surface area contributed by atoms with E-state index in [-0.39, 0.29) is 17.5 Å². The van der Waals surface area contributed by atoms with Crippen LogP contribution in [0.25, 0.3) is 11.5 Å². The molecule has 0 aliphatic carbocycles. The van der Waals surface area contributed by atoms with Crippen molar-refractivity contribution >= 4 is 5.69 Å². The van der Waals surface area contributed by atoms with E-state index >= 15 is 0 Å². The first-order valence-corrected chi connectivity index (χ1v) is 6.69. The number of ether oxygens (including phenoxy) is 1. The summed E-state index contributed by atoms with van der Waals surface area (Å²) in [5, 5.41) is 13.4. The smallest absolute Gasteiger partial charge is 0.258 e. The summed E-state index contributed by atoms with van der Waals surface area (Å²) in [6.45, 7) is 4.61.